The molecule has 4 rings (SSSR count). The summed E-state index contributed by atoms with van der Waals surface area (Å²) in [5.41, 5.74) is 5.14. The smallest absolute Gasteiger partial charge is 0.257 e. The molecular formula is C27H33N5O2S. The summed E-state index contributed by atoms with van der Waals surface area (Å²) >= 11 is 0. The van der Waals surface area contributed by atoms with Gasteiger partial charge >= 0.3 is 0 Å². The predicted octanol–water partition coefficient (Wildman–Crippen LogP) is 3.60. The Bertz CT molecular complexity index is 1170. The third kappa shape index (κ3) is 6.46. The van der Waals surface area contributed by atoms with E-state index in [9.17, 15) is 9.00 Å². The fourth-order valence-electron chi connectivity index (χ4n) is 4.24. The lowest BCUT2D eigenvalue weighted by Gasteiger charge is -2.34. The highest BCUT2D eigenvalue weighted by molar-refractivity contribution is 7.83. The van der Waals surface area contributed by atoms with Gasteiger partial charge < -0.3 is 20.0 Å². The Morgan fingerprint density at radius 3 is 2.37 bits per heavy atom. The maximum absolute atomic E-state index is 13.1. The van der Waals surface area contributed by atoms with E-state index < -0.39 is 10.8 Å². The Morgan fingerprint density at radius 1 is 0.971 bits per heavy atom. The van der Waals surface area contributed by atoms with Crippen molar-refractivity contribution in [2.45, 2.75) is 11.5 Å². The molecule has 184 valence electrons. The van der Waals surface area contributed by atoms with E-state index in [1.54, 1.807) is 18.5 Å². The number of nitrogens with one attached hydrogen (secondary N) is 1. The summed E-state index contributed by atoms with van der Waals surface area (Å²) in [4.78, 5) is 23.9. The van der Waals surface area contributed by atoms with Gasteiger partial charge in [-0.15, -0.1) is 0 Å². The van der Waals surface area contributed by atoms with Crippen LogP contribution >= 0.6 is 0 Å². The lowest BCUT2D eigenvalue weighted by atomic mass is 10.1. The van der Waals surface area contributed by atoms with Crippen LogP contribution in [0.4, 0.5) is 17.1 Å². The molecule has 0 aliphatic carbocycles. The summed E-state index contributed by atoms with van der Waals surface area (Å²) in [6, 6.07) is 17.7. The second kappa shape index (κ2) is 11.5. The highest BCUT2D eigenvalue weighted by Gasteiger charge is 2.17. The van der Waals surface area contributed by atoms with Crippen LogP contribution in [0.3, 0.4) is 0 Å². The Kier molecular flexibility index (Phi) is 8.15. The number of pyridine rings is 1. The molecule has 2 aromatic carbocycles. The molecule has 1 unspecified atom stereocenters. The van der Waals surface area contributed by atoms with Crippen LogP contribution in [0.1, 0.15) is 21.5 Å². The first kappa shape index (κ1) is 24.9. The third-order valence-electron chi connectivity index (χ3n) is 6.26. The highest BCUT2D eigenvalue weighted by Crippen LogP contribution is 2.23. The van der Waals surface area contributed by atoms with E-state index >= 15 is 0 Å². The van der Waals surface area contributed by atoms with Gasteiger partial charge in [-0.2, -0.15) is 0 Å². The van der Waals surface area contributed by atoms with E-state index in [-0.39, 0.29) is 11.7 Å². The van der Waals surface area contributed by atoms with Crippen LogP contribution in [0, 0.1) is 0 Å². The molecule has 35 heavy (non-hydrogen) atoms. The predicted molar refractivity (Wildman–Crippen MR) is 145 cm³/mol. The number of para-hydroxylation sites is 1. The fourth-order valence-corrected chi connectivity index (χ4v) is 5.53. The van der Waals surface area contributed by atoms with Crippen LogP contribution in [-0.4, -0.2) is 67.3 Å². The lowest BCUT2D eigenvalue weighted by molar-refractivity contribution is 0.102. The topological polar surface area (TPSA) is 68.8 Å². The molecule has 1 atom stereocenters. The molecule has 0 radical (unpaired) electrons. The van der Waals surface area contributed by atoms with Gasteiger partial charge in [0.05, 0.1) is 11.3 Å². The standard InChI is InChI=1S/C27H33N5O2S/c1-30(2)26-7-5-4-6-22(26)20-35(34)19-21-12-13-28-18-25(21)27(33)29-23-8-10-24(11-9-23)32-16-14-31(3)15-17-32/h4-13,18H,14-17,19-20H2,1-3H3,(H,29,33). The van der Waals surface area contributed by atoms with E-state index in [0.29, 0.717) is 11.3 Å². The van der Waals surface area contributed by atoms with E-state index in [1.807, 2.05) is 67.5 Å². The number of aromatic nitrogens is 1. The van der Waals surface area contributed by atoms with Gasteiger partial charge in [-0.1, -0.05) is 18.2 Å². The first-order valence-corrected chi connectivity index (χ1v) is 13.3. The zero-order chi connectivity index (χ0) is 24.8. The molecule has 1 amide bonds. The van der Waals surface area contributed by atoms with Crippen LogP contribution in [0.15, 0.2) is 67.0 Å². The zero-order valence-corrected chi connectivity index (χ0v) is 21.4. The monoisotopic (exact) mass is 491 g/mol. The van der Waals surface area contributed by atoms with Gasteiger partial charge in [-0.05, 0) is 54.6 Å². The summed E-state index contributed by atoms with van der Waals surface area (Å²) in [6.45, 7) is 4.09. The molecule has 3 aromatic rings. The number of rotatable bonds is 8. The maximum Gasteiger partial charge on any atom is 0.257 e. The Balaban J connectivity index is 1.41. The second-order valence-corrected chi connectivity index (χ2v) is 10.5. The highest BCUT2D eigenvalue weighted by atomic mass is 32.2. The van der Waals surface area contributed by atoms with Crippen LogP contribution < -0.4 is 15.1 Å². The molecular weight excluding hydrogens is 458 g/mol. The molecule has 7 nitrogen and oxygen atoms in total. The van der Waals surface area contributed by atoms with Gasteiger partial charge in [0.1, 0.15) is 0 Å². The fraction of sp³-hybridized carbons (Fsp3) is 0.333. The Morgan fingerprint density at radius 2 is 1.66 bits per heavy atom. The van der Waals surface area contributed by atoms with Crippen molar-refractivity contribution in [1.29, 1.82) is 0 Å². The number of hydrogen-bond donors (Lipinski definition) is 1. The van der Waals surface area contributed by atoms with Crippen LogP contribution in [0.2, 0.25) is 0 Å². The molecule has 0 saturated carbocycles. The van der Waals surface area contributed by atoms with Crippen molar-refractivity contribution < 1.29 is 9.00 Å². The van der Waals surface area contributed by atoms with Gasteiger partial charge in [-0.25, -0.2) is 0 Å². The number of benzene rings is 2. The van der Waals surface area contributed by atoms with Gasteiger partial charge in [0, 0.05) is 86.3 Å². The number of carbonyl (C=O) groups excluding carboxylic acids is 1. The number of carbonyl (C=O) groups is 1. The first-order chi connectivity index (χ1) is 16.9. The van der Waals surface area contributed by atoms with Crippen molar-refractivity contribution in [1.82, 2.24) is 9.88 Å². The maximum atomic E-state index is 13.1. The summed E-state index contributed by atoms with van der Waals surface area (Å²) in [5, 5.41) is 2.97. The SMILES string of the molecule is CN1CCN(c2ccc(NC(=O)c3cnccc3CS(=O)Cc3ccccc3N(C)C)cc2)CC1. The quantitative estimate of drug-likeness (QED) is 0.519. The number of hydrogen-bond acceptors (Lipinski definition) is 6. The first-order valence-electron chi connectivity index (χ1n) is 11.8. The molecule has 1 fully saturated rings. The molecule has 1 aliphatic rings. The summed E-state index contributed by atoms with van der Waals surface area (Å²) in [6.07, 6.45) is 3.19. The van der Waals surface area contributed by atoms with Crippen molar-refractivity contribution in [2.75, 3.05) is 62.4 Å². The van der Waals surface area contributed by atoms with E-state index in [4.69, 9.17) is 0 Å². The average Bonchev–Trinajstić information content (AvgIpc) is 2.85. The molecule has 0 bridgehead atoms. The number of anilines is 3. The van der Waals surface area contributed by atoms with Gasteiger partial charge in [0.25, 0.3) is 5.91 Å². The van der Waals surface area contributed by atoms with Gasteiger partial charge in [0.2, 0.25) is 0 Å². The summed E-state index contributed by atoms with van der Waals surface area (Å²) in [5.74, 6) is 0.465. The molecule has 0 spiro atoms. The van der Waals surface area contributed by atoms with Crippen molar-refractivity contribution in [2.24, 2.45) is 0 Å². The van der Waals surface area contributed by atoms with Crippen molar-refractivity contribution in [3.05, 3.63) is 83.7 Å². The minimum absolute atomic E-state index is 0.244. The molecule has 1 saturated heterocycles. The lowest BCUT2D eigenvalue weighted by Crippen LogP contribution is -2.44. The number of likely N-dealkylation sites (N-methyl/N-ethyl adjacent to an activating group) is 1. The number of amides is 1. The molecule has 1 aromatic heterocycles. The number of nitrogens with zero attached hydrogens (tertiary/aromatic N) is 4. The molecule has 1 N–H and O–H groups in total. The van der Waals surface area contributed by atoms with Gasteiger partial charge in [-0.3, -0.25) is 14.0 Å². The van der Waals surface area contributed by atoms with Gasteiger partial charge in [0.15, 0.2) is 0 Å². The van der Waals surface area contributed by atoms with Crippen LogP contribution in [0.25, 0.3) is 0 Å². The minimum atomic E-state index is -1.17. The van der Waals surface area contributed by atoms with E-state index in [0.717, 1.165) is 54.4 Å². The van der Waals surface area contributed by atoms with Crippen LogP contribution in [-0.2, 0) is 22.3 Å². The van der Waals surface area contributed by atoms with E-state index in [1.165, 1.54) is 0 Å². The van der Waals surface area contributed by atoms with Crippen molar-refractivity contribution in [3.8, 4) is 0 Å². The summed E-state index contributed by atoms with van der Waals surface area (Å²) in [7, 11) is 4.92. The van der Waals surface area contributed by atoms with E-state index in [2.05, 4.69) is 27.1 Å². The van der Waals surface area contributed by atoms with Crippen molar-refractivity contribution in [3.63, 3.8) is 0 Å². The minimum Gasteiger partial charge on any atom is -0.377 e. The second-order valence-electron chi connectivity index (χ2n) is 9.08. The zero-order valence-electron chi connectivity index (χ0n) is 20.6. The molecule has 8 heteroatoms. The van der Waals surface area contributed by atoms with Crippen LogP contribution in [0.5, 0.6) is 0 Å². The largest absolute Gasteiger partial charge is 0.377 e. The third-order valence-corrected chi connectivity index (χ3v) is 7.52. The summed E-state index contributed by atoms with van der Waals surface area (Å²) < 4.78 is 13.0. The normalized spacial score (nSPS) is 15.0. The Labute approximate surface area is 210 Å². The average molecular weight is 492 g/mol. The Hall–Kier alpha value is -3.23. The molecule has 2 heterocycles. The number of piperazine rings is 1. The molecule has 1 aliphatic heterocycles. The van der Waals surface area contributed by atoms with Crippen molar-refractivity contribution >= 4 is 33.8 Å².